The number of amides is 5. The third-order valence-electron chi connectivity index (χ3n) is 11.5. The maximum absolute atomic E-state index is 14.4. The molecule has 3 saturated carbocycles. The Morgan fingerprint density at radius 2 is 1.58 bits per heavy atom. The number of nitrogens with two attached hydrogens (primary N) is 1. The second-order valence-corrected chi connectivity index (χ2v) is 19.4. The van der Waals surface area contributed by atoms with Crippen molar-refractivity contribution in [3.8, 4) is 0 Å². The Labute approximate surface area is 286 Å². The number of rotatable bonds is 14. The molecule has 5 N–H and O–H groups in total. The number of carbonyl (C=O) groups excluding carboxylic acids is 5. The second kappa shape index (κ2) is 14.3. The van der Waals surface area contributed by atoms with E-state index in [1.54, 1.807) is 0 Å². The third-order valence-corrected chi connectivity index (χ3v) is 13.4. The van der Waals surface area contributed by atoms with Crippen LogP contribution in [-0.2, 0) is 29.0 Å². The summed E-state index contributed by atoms with van der Waals surface area (Å²) < 4.78 is 26.3. The predicted molar refractivity (Wildman–Crippen MR) is 183 cm³/mol. The van der Waals surface area contributed by atoms with Gasteiger partial charge in [0.2, 0.25) is 17.6 Å². The fourth-order valence-corrected chi connectivity index (χ4v) is 10.4. The summed E-state index contributed by atoms with van der Waals surface area (Å²) in [5, 5.41) is 8.69. The van der Waals surface area contributed by atoms with Crippen LogP contribution in [0.2, 0.25) is 0 Å². The van der Waals surface area contributed by atoms with Crippen molar-refractivity contribution in [2.24, 2.45) is 40.2 Å². The highest BCUT2D eigenvalue weighted by atomic mass is 32.2. The van der Waals surface area contributed by atoms with Gasteiger partial charge in [-0.2, -0.15) is 0 Å². The number of hydrogen-bond donors (Lipinski definition) is 4. The minimum Gasteiger partial charge on any atom is -0.363 e. The van der Waals surface area contributed by atoms with Gasteiger partial charge in [0.25, 0.3) is 5.91 Å². The van der Waals surface area contributed by atoms with Crippen molar-refractivity contribution in [3.63, 3.8) is 0 Å². The van der Waals surface area contributed by atoms with E-state index >= 15 is 0 Å². The number of fused-ring (bicyclic) bond motifs is 1. The summed E-state index contributed by atoms with van der Waals surface area (Å²) in [6.07, 6.45) is 7.36. The molecule has 0 aromatic carbocycles. The highest BCUT2D eigenvalue weighted by Crippen LogP contribution is 2.65. The molecule has 4 rings (SSSR count). The Balaban J connectivity index is 1.53. The molecule has 1 aliphatic heterocycles. The minimum atomic E-state index is -3.44. The number of primary amides is 1. The molecule has 4 fully saturated rings. The smallest absolute Gasteiger partial charge is 0.315 e. The van der Waals surface area contributed by atoms with Gasteiger partial charge in [0, 0.05) is 6.54 Å². The minimum absolute atomic E-state index is 0.0580. The Bertz CT molecular complexity index is 1360. The fraction of sp³-hybridized carbons (Fsp3) is 0.857. The first-order chi connectivity index (χ1) is 22.2. The monoisotopic (exact) mass is 693 g/mol. The van der Waals surface area contributed by atoms with E-state index in [1.165, 1.54) is 4.90 Å². The normalized spacial score (nSPS) is 26.1. The van der Waals surface area contributed by atoms with Crippen LogP contribution in [0.15, 0.2) is 0 Å². The molecule has 0 aromatic rings. The van der Waals surface area contributed by atoms with Crippen molar-refractivity contribution >= 4 is 39.4 Å². The molecule has 4 aliphatic rings. The van der Waals surface area contributed by atoms with Gasteiger partial charge in [-0.15, -0.1) is 0 Å². The van der Waals surface area contributed by atoms with Crippen LogP contribution in [0.3, 0.4) is 0 Å². The van der Waals surface area contributed by atoms with Crippen molar-refractivity contribution in [2.45, 2.75) is 136 Å². The van der Waals surface area contributed by atoms with Gasteiger partial charge in [0.1, 0.15) is 12.1 Å². The van der Waals surface area contributed by atoms with E-state index in [4.69, 9.17) is 5.73 Å². The molecule has 5 amide bonds. The number of nitrogens with zero attached hydrogens (tertiary/aromatic N) is 1. The lowest BCUT2D eigenvalue weighted by molar-refractivity contribution is -0.145. The Hall–Kier alpha value is -2.70. The lowest BCUT2D eigenvalue weighted by Gasteiger charge is -2.40. The number of Topliss-reactive ketones (excluding diaryl/α,β-unsaturated/α-hetero) is 1. The van der Waals surface area contributed by atoms with E-state index in [0.717, 1.165) is 38.5 Å². The lowest BCUT2D eigenvalue weighted by Crippen LogP contribution is -2.64. The first-order valence-corrected chi connectivity index (χ1v) is 19.7. The van der Waals surface area contributed by atoms with Gasteiger partial charge >= 0.3 is 6.03 Å². The molecule has 5 atom stereocenters. The fourth-order valence-electron chi connectivity index (χ4n) is 8.20. The quantitative estimate of drug-likeness (QED) is 0.202. The van der Waals surface area contributed by atoms with Gasteiger partial charge in [-0.3, -0.25) is 19.2 Å². The number of urea groups is 1. The molecule has 0 spiro atoms. The SMILES string of the molecule is CC(C)CCS(=O)(=O)CC1(NC(=O)N[C@H](C(=O)N2CC3C([C@H]2C(=O)NC(CC2CCC2)C(=O)C(N)=O)C3(C)C)C(C)(C)C)CCCCC1. The molecule has 3 aliphatic carbocycles. The number of carbonyl (C=O) groups is 5. The van der Waals surface area contributed by atoms with E-state index in [1.807, 2.05) is 34.6 Å². The van der Waals surface area contributed by atoms with Gasteiger partial charge in [-0.05, 0) is 60.2 Å². The Morgan fingerprint density at radius 1 is 0.958 bits per heavy atom. The zero-order valence-electron chi connectivity index (χ0n) is 30.0. The topological polar surface area (TPSA) is 185 Å². The number of ketones is 1. The summed E-state index contributed by atoms with van der Waals surface area (Å²) >= 11 is 0. The average Bonchev–Trinajstić information content (AvgIpc) is 3.26. The van der Waals surface area contributed by atoms with Crippen LogP contribution in [0.1, 0.15) is 113 Å². The van der Waals surface area contributed by atoms with E-state index < -0.39 is 68.5 Å². The summed E-state index contributed by atoms with van der Waals surface area (Å²) in [5.74, 6) is -2.57. The van der Waals surface area contributed by atoms with Crippen molar-refractivity contribution in [2.75, 3.05) is 18.1 Å². The Morgan fingerprint density at radius 3 is 2.10 bits per heavy atom. The van der Waals surface area contributed by atoms with E-state index in [-0.39, 0.29) is 40.6 Å². The molecule has 13 heteroatoms. The van der Waals surface area contributed by atoms with Crippen LogP contribution in [-0.4, -0.2) is 84.6 Å². The lowest BCUT2D eigenvalue weighted by atomic mass is 9.80. The number of nitrogens with one attached hydrogen (secondary N) is 3. The van der Waals surface area contributed by atoms with Gasteiger partial charge < -0.3 is 26.6 Å². The largest absolute Gasteiger partial charge is 0.363 e. The van der Waals surface area contributed by atoms with Crippen LogP contribution in [0.5, 0.6) is 0 Å². The summed E-state index contributed by atoms with van der Waals surface area (Å²) in [5.41, 5.74) is 3.46. The number of likely N-dealkylation sites (tertiary alicyclic amines) is 1. The summed E-state index contributed by atoms with van der Waals surface area (Å²) in [7, 11) is -3.44. The summed E-state index contributed by atoms with van der Waals surface area (Å²) in [6.45, 7) is 13.9. The average molecular weight is 694 g/mol. The van der Waals surface area contributed by atoms with Crippen LogP contribution in [0.25, 0.3) is 0 Å². The number of piperidine rings is 1. The van der Waals surface area contributed by atoms with Gasteiger partial charge in [0.05, 0.1) is 23.1 Å². The molecule has 0 bridgehead atoms. The molecular weight excluding hydrogens is 634 g/mol. The molecule has 0 radical (unpaired) electrons. The van der Waals surface area contributed by atoms with Crippen LogP contribution in [0, 0.1) is 34.5 Å². The van der Waals surface area contributed by atoms with Crippen molar-refractivity contribution in [1.82, 2.24) is 20.9 Å². The van der Waals surface area contributed by atoms with E-state index in [2.05, 4.69) is 29.8 Å². The molecule has 1 heterocycles. The highest BCUT2D eigenvalue weighted by molar-refractivity contribution is 7.91. The van der Waals surface area contributed by atoms with Crippen LogP contribution >= 0.6 is 0 Å². The number of sulfone groups is 1. The number of hydrogen-bond acceptors (Lipinski definition) is 7. The zero-order chi connectivity index (χ0) is 35.8. The molecule has 1 saturated heterocycles. The molecule has 3 unspecified atom stereocenters. The van der Waals surface area contributed by atoms with Crippen molar-refractivity contribution in [1.29, 1.82) is 0 Å². The molecule has 12 nitrogen and oxygen atoms in total. The second-order valence-electron chi connectivity index (χ2n) is 17.2. The van der Waals surface area contributed by atoms with Crippen LogP contribution < -0.4 is 21.7 Å². The molecule has 48 heavy (non-hydrogen) atoms. The maximum atomic E-state index is 14.4. The van der Waals surface area contributed by atoms with Crippen LogP contribution in [0.4, 0.5) is 4.79 Å². The highest BCUT2D eigenvalue weighted by Gasteiger charge is 2.70. The van der Waals surface area contributed by atoms with Crippen molar-refractivity contribution in [3.05, 3.63) is 0 Å². The maximum Gasteiger partial charge on any atom is 0.315 e. The predicted octanol–water partition coefficient (Wildman–Crippen LogP) is 3.08. The van der Waals surface area contributed by atoms with Crippen molar-refractivity contribution < 1.29 is 32.4 Å². The Kier molecular flexibility index (Phi) is 11.3. The standard InChI is InChI=1S/C35H59N5O7S/c1-21(2)14-17-48(46,47)20-35(15-9-8-10-16-35)39-32(45)38-28(33(3,4)5)31(44)40-19-23-25(34(23,6)7)26(40)30(43)37-24(27(41)29(36)42)18-22-12-11-13-22/h21-26,28H,8-20H2,1-7H3,(H2,36,42)(H,37,43)(H2,38,39,45)/t23?,24?,25?,26-,28+/m0/s1. The van der Waals surface area contributed by atoms with E-state index in [0.29, 0.717) is 32.2 Å². The van der Waals surface area contributed by atoms with Gasteiger partial charge in [-0.25, -0.2) is 13.2 Å². The first-order valence-electron chi connectivity index (χ1n) is 17.9. The summed E-state index contributed by atoms with van der Waals surface area (Å²) in [6, 6.07) is -3.57. The molecule has 272 valence electrons. The molecule has 0 aromatic heterocycles. The van der Waals surface area contributed by atoms with Gasteiger partial charge in [0.15, 0.2) is 9.84 Å². The first kappa shape index (κ1) is 38.1. The van der Waals surface area contributed by atoms with E-state index in [9.17, 15) is 32.4 Å². The molecular formula is C35H59N5O7S. The summed E-state index contributed by atoms with van der Waals surface area (Å²) in [4.78, 5) is 68.2. The zero-order valence-corrected chi connectivity index (χ0v) is 30.8. The third kappa shape index (κ3) is 8.71. The van der Waals surface area contributed by atoms with Gasteiger partial charge in [-0.1, -0.05) is 87.0 Å².